The predicted molar refractivity (Wildman–Crippen MR) is 113 cm³/mol. The van der Waals surface area contributed by atoms with Crippen molar-refractivity contribution in [2.45, 2.75) is 0 Å². The number of anilines is 1. The molecule has 0 unspecified atom stereocenters. The predicted octanol–water partition coefficient (Wildman–Crippen LogP) is 4.59. The second-order valence-electron chi connectivity index (χ2n) is 5.79. The van der Waals surface area contributed by atoms with E-state index in [0.29, 0.717) is 22.7 Å². The Balaban J connectivity index is 1.51. The molecule has 0 bridgehead atoms. The molecule has 0 aromatic heterocycles. The fourth-order valence-electron chi connectivity index (χ4n) is 2.38. The van der Waals surface area contributed by atoms with E-state index < -0.39 is 0 Å². The molecular formula is C21H16FIN2O3. The highest BCUT2D eigenvalue weighted by Gasteiger charge is 2.11. The number of hydrogen-bond donors (Lipinski definition) is 2. The molecule has 0 radical (unpaired) electrons. The molecule has 0 fully saturated rings. The van der Waals surface area contributed by atoms with Crippen molar-refractivity contribution in [3.05, 3.63) is 87.7 Å². The zero-order valence-electron chi connectivity index (χ0n) is 14.6. The van der Waals surface area contributed by atoms with Crippen molar-refractivity contribution in [2.24, 2.45) is 0 Å². The Bertz CT molecular complexity index is 993. The van der Waals surface area contributed by atoms with Crippen molar-refractivity contribution < 1.29 is 18.7 Å². The first-order valence-electron chi connectivity index (χ1n) is 8.37. The van der Waals surface area contributed by atoms with Gasteiger partial charge in [-0.05, 0) is 71.1 Å². The van der Waals surface area contributed by atoms with Gasteiger partial charge in [0, 0.05) is 15.3 Å². The van der Waals surface area contributed by atoms with Crippen LogP contribution in [-0.2, 0) is 4.79 Å². The summed E-state index contributed by atoms with van der Waals surface area (Å²) >= 11 is 2.07. The summed E-state index contributed by atoms with van der Waals surface area (Å²) < 4.78 is 19.5. The molecular weight excluding hydrogens is 474 g/mol. The Morgan fingerprint density at radius 1 is 0.929 bits per heavy atom. The van der Waals surface area contributed by atoms with Crippen LogP contribution in [0, 0.1) is 9.39 Å². The largest absolute Gasteiger partial charge is 0.457 e. The molecule has 0 atom stereocenters. The van der Waals surface area contributed by atoms with Crippen LogP contribution in [0.15, 0.2) is 72.8 Å². The molecule has 5 nitrogen and oxygen atoms in total. The first kappa shape index (κ1) is 19.8. The van der Waals surface area contributed by atoms with E-state index in [4.69, 9.17) is 4.74 Å². The third-order valence-electron chi connectivity index (χ3n) is 3.70. The zero-order valence-corrected chi connectivity index (χ0v) is 16.8. The van der Waals surface area contributed by atoms with Gasteiger partial charge < -0.3 is 15.4 Å². The van der Waals surface area contributed by atoms with Gasteiger partial charge in [0.05, 0.1) is 12.1 Å². The van der Waals surface area contributed by atoms with Gasteiger partial charge in [-0.1, -0.05) is 18.2 Å². The number of rotatable bonds is 6. The lowest BCUT2D eigenvalue weighted by Crippen LogP contribution is -2.33. The summed E-state index contributed by atoms with van der Waals surface area (Å²) in [5, 5.41) is 5.29. The monoisotopic (exact) mass is 490 g/mol. The Morgan fingerprint density at radius 2 is 1.68 bits per heavy atom. The minimum atomic E-state index is -0.381. The van der Waals surface area contributed by atoms with Crippen LogP contribution in [0.1, 0.15) is 10.4 Å². The van der Waals surface area contributed by atoms with Gasteiger partial charge in [0.15, 0.2) is 0 Å². The summed E-state index contributed by atoms with van der Waals surface area (Å²) in [5.74, 6) is -0.142. The molecule has 0 saturated heterocycles. The summed E-state index contributed by atoms with van der Waals surface area (Å²) in [6.07, 6.45) is 0. The molecule has 2 amide bonds. The van der Waals surface area contributed by atoms with E-state index in [1.54, 1.807) is 48.5 Å². The second kappa shape index (κ2) is 9.32. The topological polar surface area (TPSA) is 67.4 Å². The molecule has 0 saturated carbocycles. The smallest absolute Gasteiger partial charge is 0.252 e. The number of benzene rings is 3. The average molecular weight is 490 g/mol. The van der Waals surface area contributed by atoms with Crippen LogP contribution in [0.25, 0.3) is 0 Å². The lowest BCUT2D eigenvalue weighted by molar-refractivity contribution is -0.115. The number of carbonyl (C=O) groups is 2. The summed E-state index contributed by atoms with van der Waals surface area (Å²) in [7, 11) is 0. The summed E-state index contributed by atoms with van der Waals surface area (Å²) in [6, 6.07) is 19.6. The molecule has 28 heavy (non-hydrogen) atoms. The third-order valence-corrected chi connectivity index (χ3v) is 4.64. The van der Waals surface area contributed by atoms with Crippen LogP contribution in [0.2, 0.25) is 0 Å². The van der Waals surface area contributed by atoms with Crippen molar-refractivity contribution in [1.29, 1.82) is 0 Å². The van der Waals surface area contributed by atoms with Crippen molar-refractivity contribution in [3.63, 3.8) is 0 Å². The van der Waals surface area contributed by atoms with Crippen LogP contribution < -0.4 is 15.4 Å². The summed E-state index contributed by atoms with van der Waals surface area (Å²) in [6.45, 7) is -0.147. The van der Waals surface area contributed by atoms with Crippen LogP contribution in [0.5, 0.6) is 11.5 Å². The lowest BCUT2D eigenvalue weighted by atomic mass is 10.2. The molecule has 2 N–H and O–H groups in total. The van der Waals surface area contributed by atoms with Gasteiger partial charge in [0.25, 0.3) is 5.91 Å². The number of nitrogens with one attached hydrogen (secondary N) is 2. The van der Waals surface area contributed by atoms with E-state index in [1.807, 2.05) is 12.1 Å². The molecule has 3 aromatic rings. The Morgan fingerprint density at radius 3 is 2.39 bits per heavy atom. The maximum absolute atomic E-state index is 13.2. The Kier molecular flexibility index (Phi) is 6.59. The van der Waals surface area contributed by atoms with Gasteiger partial charge in [-0.3, -0.25) is 9.59 Å². The average Bonchev–Trinajstić information content (AvgIpc) is 2.68. The van der Waals surface area contributed by atoms with E-state index in [1.165, 1.54) is 12.1 Å². The Hall–Kier alpha value is -2.94. The van der Waals surface area contributed by atoms with Crippen molar-refractivity contribution in [1.82, 2.24) is 5.32 Å². The van der Waals surface area contributed by atoms with Gasteiger partial charge in [0.1, 0.15) is 17.3 Å². The second-order valence-corrected chi connectivity index (χ2v) is 6.96. The number of hydrogen-bond acceptors (Lipinski definition) is 3. The van der Waals surface area contributed by atoms with Crippen molar-refractivity contribution >= 4 is 40.1 Å². The van der Waals surface area contributed by atoms with Gasteiger partial charge in [-0.2, -0.15) is 0 Å². The van der Waals surface area contributed by atoms with E-state index in [0.717, 1.165) is 3.57 Å². The molecule has 0 heterocycles. The normalized spacial score (nSPS) is 10.2. The standard InChI is InChI=1S/C21H16FIN2O3/c22-14-4-3-5-17(12-14)28-16-10-8-15(9-11-16)25-20(26)13-24-21(27)18-6-1-2-7-19(18)23/h1-12H,13H2,(H,24,27)(H,25,26). The number of carbonyl (C=O) groups excluding carboxylic acids is 2. The first-order chi connectivity index (χ1) is 13.5. The highest BCUT2D eigenvalue weighted by Crippen LogP contribution is 2.23. The molecule has 0 aliphatic rings. The van der Waals surface area contributed by atoms with Gasteiger partial charge >= 0.3 is 0 Å². The van der Waals surface area contributed by atoms with Crippen LogP contribution >= 0.6 is 22.6 Å². The van der Waals surface area contributed by atoms with Crippen LogP contribution in [0.4, 0.5) is 10.1 Å². The van der Waals surface area contributed by atoms with E-state index >= 15 is 0 Å². The SMILES string of the molecule is O=C(CNC(=O)c1ccccc1I)Nc1ccc(Oc2cccc(F)c2)cc1. The van der Waals surface area contributed by atoms with E-state index in [-0.39, 0.29) is 24.2 Å². The van der Waals surface area contributed by atoms with E-state index in [9.17, 15) is 14.0 Å². The summed E-state index contributed by atoms with van der Waals surface area (Å²) in [4.78, 5) is 24.2. The van der Waals surface area contributed by atoms with Gasteiger partial charge in [0.2, 0.25) is 5.91 Å². The third kappa shape index (κ3) is 5.53. The highest BCUT2D eigenvalue weighted by atomic mass is 127. The van der Waals surface area contributed by atoms with Crippen LogP contribution in [-0.4, -0.2) is 18.4 Å². The molecule has 142 valence electrons. The van der Waals surface area contributed by atoms with Gasteiger partial charge in [-0.15, -0.1) is 0 Å². The maximum atomic E-state index is 13.2. The van der Waals surface area contributed by atoms with Crippen molar-refractivity contribution in [2.75, 3.05) is 11.9 Å². The lowest BCUT2D eigenvalue weighted by Gasteiger charge is -2.09. The minimum Gasteiger partial charge on any atom is -0.457 e. The van der Waals surface area contributed by atoms with E-state index in [2.05, 4.69) is 33.2 Å². The molecule has 0 aliphatic carbocycles. The minimum absolute atomic E-state index is 0.147. The zero-order chi connectivity index (χ0) is 19.9. The van der Waals surface area contributed by atoms with Gasteiger partial charge in [-0.25, -0.2) is 4.39 Å². The molecule has 3 rings (SSSR count). The van der Waals surface area contributed by atoms with Crippen LogP contribution in [0.3, 0.4) is 0 Å². The quantitative estimate of drug-likeness (QED) is 0.497. The molecule has 0 aliphatic heterocycles. The number of ether oxygens (including phenoxy) is 1. The number of halogens is 2. The maximum Gasteiger partial charge on any atom is 0.252 e. The number of amides is 2. The summed E-state index contributed by atoms with van der Waals surface area (Å²) in [5.41, 5.74) is 1.08. The highest BCUT2D eigenvalue weighted by molar-refractivity contribution is 14.1. The fourth-order valence-corrected chi connectivity index (χ4v) is 3.01. The first-order valence-corrected chi connectivity index (χ1v) is 9.45. The van der Waals surface area contributed by atoms with Crippen molar-refractivity contribution in [3.8, 4) is 11.5 Å². The Labute approximate surface area is 175 Å². The molecule has 3 aromatic carbocycles. The fraction of sp³-hybridized carbons (Fsp3) is 0.0476. The molecule has 0 spiro atoms. The molecule has 7 heteroatoms.